The second kappa shape index (κ2) is 8.65. The zero-order chi connectivity index (χ0) is 25.0. The number of aliphatic hydroxyl groups excluding tert-OH is 1. The van der Waals surface area contributed by atoms with Crippen LogP contribution in [0.2, 0.25) is 0 Å². The highest BCUT2D eigenvalue weighted by Crippen LogP contribution is 2.42. The van der Waals surface area contributed by atoms with Crippen molar-refractivity contribution in [3.8, 4) is 5.75 Å². The van der Waals surface area contributed by atoms with E-state index in [1.54, 1.807) is 25.3 Å². The molecule has 186 valence electrons. The molecule has 2 atom stereocenters. The lowest BCUT2D eigenvalue weighted by Gasteiger charge is -2.58. The maximum absolute atomic E-state index is 14.4. The van der Waals surface area contributed by atoms with E-state index in [1.807, 2.05) is 35.2 Å². The third-order valence-electron chi connectivity index (χ3n) is 7.87. The molecule has 1 N–H and O–H groups in total. The van der Waals surface area contributed by atoms with Gasteiger partial charge in [-0.25, -0.2) is 4.39 Å². The maximum atomic E-state index is 14.4. The summed E-state index contributed by atoms with van der Waals surface area (Å²) in [7, 11) is 1.66. The molecule has 0 radical (unpaired) electrons. The van der Waals surface area contributed by atoms with Gasteiger partial charge in [-0.1, -0.05) is 48.5 Å². The van der Waals surface area contributed by atoms with Gasteiger partial charge < -0.3 is 9.84 Å². The van der Waals surface area contributed by atoms with Crippen LogP contribution >= 0.6 is 0 Å². The number of aliphatic hydroxyl groups is 1. The lowest BCUT2D eigenvalue weighted by Crippen LogP contribution is -2.81. The van der Waals surface area contributed by atoms with Crippen molar-refractivity contribution >= 4 is 22.6 Å². The minimum atomic E-state index is -0.899. The highest BCUT2D eigenvalue weighted by atomic mass is 19.1. The number of benzene rings is 3. The number of imide groups is 1. The van der Waals surface area contributed by atoms with Crippen LogP contribution in [0.4, 0.5) is 4.39 Å². The number of hydrogen-bond donors (Lipinski definition) is 1. The summed E-state index contributed by atoms with van der Waals surface area (Å²) in [6, 6.07) is 17.7. The van der Waals surface area contributed by atoms with Gasteiger partial charge in [0.25, 0.3) is 5.91 Å². The molecule has 3 aromatic rings. The van der Waals surface area contributed by atoms with Crippen molar-refractivity contribution in [1.82, 2.24) is 14.7 Å². The van der Waals surface area contributed by atoms with Crippen LogP contribution in [-0.2, 0) is 22.7 Å². The first-order valence-corrected chi connectivity index (χ1v) is 12.2. The largest absolute Gasteiger partial charge is 0.496 e. The molecule has 3 heterocycles. The van der Waals surface area contributed by atoms with E-state index in [-0.39, 0.29) is 31.3 Å². The zero-order valence-corrected chi connectivity index (χ0v) is 20.1. The number of methoxy groups -OCH3 is 1. The maximum Gasteiger partial charge on any atom is 0.252 e. The van der Waals surface area contributed by atoms with Crippen LogP contribution < -0.4 is 4.74 Å². The van der Waals surface area contributed by atoms with Crippen LogP contribution in [0.15, 0.2) is 60.7 Å². The van der Waals surface area contributed by atoms with Gasteiger partial charge in [0.15, 0.2) is 0 Å². The number of nitrogens with zero attached hydrogens (tertiary/aromatic N) is 3. The van der Waals surface area contributed by atoms with Crippen LogP contribution in [0.25, 0.3) is 10.8 Å². The normalized spacial score (nSPS) is 23.8. The van der Waals surface area contributed by atoms with Crippen LogP contribution in [0.3, 0.4) is 0 Å². The average Bonchev–Trinajstić information content (AvgIpc) is 3.26. The van der Waals surface area contributed by atoms with Gasteiger partial charge in [0.1, 0.15) is 17.1 Å². The van der Waals surface area contributed by atoms with Crippen LogP contribution in [0.1, 0.15) is 17.5 Å². The van der Waals surface area contributed by atoms with Gasteiger partial charge in [-0.2, -0.15) is 0 Å². The summed E-state index contributed by atoms with van der Waals surface area (Å²) in [5.41, 5.74) is 0.535. The predicted molar refractivity (Wildman–Crippen MR) is 132 cm³/mol. The Balaban J connectivity index is 1.28. The Hall–Kier alpha value is -3.33. The molecule has 0 saturated carbocycles. The van der Waals surface area contributed by atoms with Crippen LogP contribution in [0.5, 0.6) is 5.75 Å². The Morgan fingerprint density at radius 3 is 2.44 bits per heavy atom. The smallest absolute Gasteiger partial charge is 0.252 e. The predicted octanol–water partition coefficient (Wildman–Crippen LogP) is 2.55. The van der Waals surface area contributed by atoms with Crippen molar-refractivity contribution in [2.24, 2.45) is 0 Å². The summed E-state index contributed by atoms with van der Waals surface area (Å²) in [5.74, 6) is -0.294. The molecule has 8 heteroatoms. The molecule has 7 nitrogen and oxygen atoms in total. The fourth-order valence-corrected chi connectivity index (χ4v) is 6.13. The molecule has 0 bridgehead atoms. The van der Waals surface area contributed by atoms with Gasteiger partial charge in [0.2, 0.25) is 5.91 Å². The second-order valence-corrected chi connectivity index (χ2v) is 10.0. The molecule has 3 aliphatic rings. The molecular formula is C28H28FN3O4. The van der Waals surface area contributed by atoms with Crippen molar-refractivity contribution in [2.45, 2.75) is 37.2 Å². The molecule has 0 unspecified atom stereocenters. The van der Waals surface area contributed by atoms with Crippen molar-refractivity contribution in [3.05, 3.63) is 77.6 Å². The number of likely N-dealkylation sites (tertiary alicyclic amines) is 1. The fourth-order valence-electron chi connectivity index (χ4n) is 6.13. The molecule has 0 aromatic heterocycles. The lowest BCUT2D eigenvalue weighted by molar-refractivity contribution is -0.181. The molecule has 3 fully saturated rings. The molecule has 3 aliphatic heterocycles. The number of halogens is 1. The number of piperazine rings is 1. The quantitative estimate of drug-likeness (QED) is 0.556. The van der Waals surface area contributed by atoms with E-state index in [0.29, 0.717) is 25.2 Å². The molecule has 2 amide bonds. The Bertz CT molecular complexity index is 1360. The summed E-state index contributed by atoms with van der Waals surface area (Å²) < 4.78 is 19.9. The number of amides is 2. The van der Waals surface area contributed by atoms with Gasteiger partial charge in [-0.3, -0.25) is 24.3 Å². The number of fused-ring (bicyclic) bond motifs is 3. The molecule has 3 aromatic carbocycles. The number of β-amino-alcohol motifs (C(OH)–C–C–N with tert-alkyl or cyclic N) is 1. The molecule has 0 aliphatic carbocycles. The highest BCUT2D eigenvalue weighted by Gasteiger charge is 2.64. The van der Waals surface area contributed by atoms with E-state index >= 15 is 0 Å². The molecule has 6 rings (SSSR count). The third-order valence-corrected chi connectivity index (χ3v) is 7.87. The number of carbonyl (C=O) groups excluding carboxylic acids is 2. The zero-order valence-electron chi connectivity index (χ0n) is 20.1. The van der Waals surface area contributed by atoms with Gasteiger partial charge >= 0.3 is 0 Å². The second-order valence-electron chi connectivity index (χ2n) is 10.0. The molecule has 36 heavy (non-hydrogen) atoms. The van der Waals surface area contributed by atoms with E-state index in [2.05, 4.69) is 11.0 Å². The number of rotatable bonds is 5. The van der Waals surface area contributed by atoms with Gasteiger partial charge in [0.05, 0.1) is 25.8 Å². The summed E-state index contributed by atoms with van der Waals surface area (Å²) in [6.45, 7) is 1.71. The third kappa shape index (κ3) is 3.51. The van der Waals surface area contributed by atoms with E-state index in [4.69, 9.17) is 4.74 Å². The summed E-state index contributed by atoms with van der Waals surface area (Å²) in [6.07, 6.45) is -0.387. The first-order valence-electron chi connectivity index (χ1n) is 12.2. The van der Waals surface area contributed by atoms with Gasteiger partial charge in [-0.05, 0) is 29.5 Å². The van der Waals surface area contributed by atoms with Crippen molar-refractivity contribution in [1.29, 1.82) is 0 Å². The SMILES string of the molecule is COc1ccc(CN2CC3(C2)C(=O)N(Cc2ccccc2F)C(=O)[C@@H]2C[C@@H](O)CN23)c2ccccc12. The van der Waals surface area contributed by atoms with E-state index in [1.165, 1.54) is 11.0 Å². The van der Waals surface area contributed by atoms with E-state index < -0.39 is 23.5 Å². The Morgan fingerprint density at radius 2 is 1.69 bits per heavy atom. The number of ether oxygens (including phenoxy) is 1. The van der Waals surface area contributed by atoms with Gasteiger partial charge in [0, 0.05) is 37.1 Å². The number of carbonyl (C=O) groups is 2. The highest BCUT2D eigenvalue weighted by molar-refractivity contribution is 6.06. The Labute approximate surface area is 208 Å². The summed E-state index contributed by atoms with van der Waals surface area (Å²) in [4.78, 5) is 32.4. The monoisotopic (exact) mass is 489 g/mol. The Morgan fingerprint density at radius 1 is 0.972 bits per heavy atom. The van der Waals surface area contributed by atoms with E-state index in [0.717, 1.165) is 22.1 Å². The first-order chi connectivity index (χ1) is 17.4. The molecule has 3 saturated heterocycles. The van der Waals surface area contributed by atoms with Gasteiger partial charge in [-0.15, -0.1) is 0 Å². The van der Waals surface area contributed by atoms with E-state index in [9.17, 15) is 19.1 Å². The van der Waals surface area contributed by atoms with Crippen molar-refractivity contribution in [3.63, 3.8) is 0 Å². The fraction of sp³-hybridized carbons (Fsp3) is 0.357. The minimum Gasteiger partial charge on any atom is -0.496 e. The minimum absolute atomic E-state index is 0.102. The van der Waals surface area contributed by atoms with Crippen LogP contribution in [-0.4, -0.2) is 76.0 Å². The average molecular weight is 490 g/mol. The number of hydrogen-bond acceptors (Lipinski definition) is 6. The first kappa shape index (κ1) is 23.1. The topological polar surface area (TPSA) is 73.3 Å². The molecule has 1 spiro atoms. The lowest BCUT2D eigenvalue weighted by atomic mass is 9.82. The van der Waals surface area contributed by atoms with Crippen LogP contribution in [0, 0.1) is 5.82 Å². The standard InChI is InChI=1S/C28H28FN3O4/c1-36-25-11-10-18(21-7-3-4-8-22(21)25)13-30-16-28(17-30)27(35)31(14-19-6-2-5-9-23(19)29)26(34)24-12-20(33)15-32(24)28/h2-11,20,24,33H,12-17H2,1H3/t20-,24+/m1/s1. The summed E-state index contributed by atoms with van der Waals surface area (Å²) in [5, 5.41) is 12.5. The van der Waals surface area contributed by atoms with Crippen molar-refractivity contribution < 1.29 is 23.8 Å². The Kier molecular flexibility index (Phi) is 5.55. The van der Waals surface area contributed by atoms with Crippen molar-refractivity contribution in [2.75, 3.05) is 26.7 Å². The molecular weight excluding hydrogens is 461 g/mol. The summed E-state index contributed by atoms with van der Waals surface area (Å²) >= 11 is 0.